The Morgan fingerprint density at radius 3 is 1.65 bits per heavy atom. The van der Waals surface area contributed by atoms with Crippen LogP contribution in [0.3, 0.4) is 0 Å². The van der Waals surface area contributed by atoms with E-state index in [-0.39, 0.29) is 9.52 Å². The first-order valence-corrected chi connectivity index (χ1v) is 11.8. The molecule has 0 radical (unpaired) electrons. The van der Waals surface area contributed by atoms with Crippen molar-refractivity contribution in [3.8, 4) is 0 Å². The van der Waals surface area contributed by atoms with Crippen molar-refractivity contribution in [1.29, 1.82) is 0 Å². The number of rotatable bonds is 11. The van der Waals surface area contributed by atoms with Crippen LogP contribution in [0.15, 0.2) is 11.4 Å². The normalized spacial score (nSPS) is 13.9. The average molecular weight is 319 g/mol. The zero-order valence-electron chi connectivity index (χ0n) is 14.5. The zero-order valence-corrected chi connectivity index (χ0v) is 16.9. The second-order valence-corrected chi connectivity index (χ2v) is 9.84. The Hall–Kier alpha value is 0.0138. The molecule has 0 aromatic rings. The highest BCUT2D eigenvalue weighted by molar-refractivity contribution is 6.72. The summed E-state index contributed by atoms with van der Waals surface area (Å²) in [5.74, 6) is 0.600. The lowest BCUT2D eigenvalue weighted by Gasteiger charge is -2.37. The van der Waals surface area contributed by atoms with Gasteiger partial charge in [0, 0.05) is 20.0 Å². The van der Waals surface area contributed by atoms with Crippen LogP contribution < -0.4 is 0 Å². The average Bonchev–Trinajstić information content (AvgIpc) is 2.48. The van der Waals surface area contributed by atoms with Crippen LogP contribution in [0.2, 0.25) is 6.55 Å². The van der Waals surface area contributed by atoms with Crippen LogP contribution in [0.4, 0.5) is 0 Å². The minimum atomic E-state index is -2.06. The summed E-state index contributed by atoms with van der Waals surface area (Å²) in [6.45, 7) is 15.5. The maximum Gasteiger partial charge on any atom is 0.360 e. The van der Waals surface area contributed by atoms with Gasteiger partial charge in [-0.3, -0.25) is 9.80 Å². The minimum absolute atomic E-state index is 0.366. The van der Waals surface area contributed by atoms with E-state index in [0.717, 1.165) is 26.2 Å². The van der Waals surface area contributed by atoms with Gasteiger partial charge < -0.3 is 8.85 Å². The highest BCUT2D eigenvalue weighted by Crippen LogP contribution is 2.08. The molecule has 0 bridgehead atoms. The molecule has 20 heavy (non-hydrogen) atoms. The van der Waals surface area contributed by atoms with Crippen molar-refractivity contribution >= 4 is 18.1 Å². The van der Waals surface area contributed by atoms with Gasteiger partial charge in [0.2, 0.25) is 0 Å². The molecule has 120 valence electrons. The molecule has 4 nitrogen and oxygen atoms in total. The topological polar surface area (TPSA) is 24.9 Å². The monoisotopic (exact) mass is 318 g/mol. The largest absolute Gasteiger partial charge is 0.395 e. The van der Waals surface area contributed by atoms with Crippen molar-refractivity contribution in [3.63, 3.8) is 0 Å². The Bertz CT molecular complexity index is 254. The van der Waals surface area contributed by atoms with Crippen LogP contribution in [0, 0.1) is 0 Å². The Morgan fingerprint density at radius 1 is 0.950 bits per heavy atom. The standard InChI is InChI=1S/C14H34N2O2Si2/c1-8-15(9-2)14(16(10-3)11-4)19-12-13-20(7,17-5)18-6/h12-14H,8-11,19H2,1-7H3. The van der Waals surface area contributed by atoms with Gasteiger partial charge in [0.05, 0.1) is 9.52 Å². The first-order valence-electron chi connectivity index (χ1n) is 7.77. The van der Waals surface area contributed by atoms with Crippen molar-refractivity contribution in [2.45, 2.75) is 40.0 Å². The SMILES string of the molecule is CCN(CC)C([SiH2]C=C[Si](C)(OC)OC)N(CC)CC. The van der Waals surface area contributed by atoms with Crippen LogP contribution >= 0.6 is 0 Å². The summed E-state index contributed by atoms with van der Waals surface area (Å²) in [4.78, 5) is 5.14. The molecular formula is C14H34N2O2Si2. The predicted molar refractivity (Wildman–Crippen MR) is 93.0 cm³/mol. The molecule has 0 rings (SSSR count). The molecule has 0 unspecified atom stereocenters. The van der Waals surface area contributed by atoms with Crippen molar-refractivity contribution in [3.05, 3.63) is 11.4 Å². The predicted octanol–water partition coefficient (Wildman–Crippen LogP) is 1.54. The summed E-state index contributed by atoms with van der Waals surface area (Å²) in [5.41, 5.74) is 4.58. The molecule has 0 aromatic heterocycles. The number of hydrogen-bond acceptors (Lipinski definition) is 4. The summed E-state index contributed by atoms with van der Waals surface area (Å²) in [6.07, 6.45) is 0. The van der Waals surface area contributed by atoms with Crippen LogP contribution in [0.1, 0.15) is 27.7 Å². The first kappa shape index (κ1) is 20.0. The maximum absolute atomic E-state index is 5.52. The lowest BCUT2D eigenvalue weighted by Crippen LogP contribution is -2.51. The minimum Gasteiger partial charge on any atom is -0.395 e. The molecule has 0 aliphatic carbocycles. The first-order chi connectivity index (χ1) is 9.51. The van der Waals surface area contributed by atoms with Gasteiger partial charge in [0.15, 0.2) is 0 Å². The number of nitrogens with zero attached hydrogens (tertiary/aromatic N) is 2. The second-order valence-electron chi connectivity index (χ2n) is 4.99. The lowest BCUT2D eigenvalue weighted by atomic mass is 10.5. The highest BCUT2D eigenvalue weighted by atomic mass is 28.4. The van der Waals surface area contributed by atoms with Gasteiger partial charge in [0.1, 0.15) is 0 Å². The summed E-state index contributed by atoms with van der Waals surface area (Å²) in [5, 5.41) is 0. The Labute approximate surface area is 129 Å². The van der Waals surface area contributed by atoms with E-state index in [1.165, 1.54) is 0 Å². The molecule has 6 heteroatoms. The third-order valence-electron chi connectivity index (χ3n) is 4.05. The van der Waals surface area contributed by atoms with E-state index < -0.39 is 8.56 Å². The van der Waals surface area contributed by atoms with Crippen LogP contribution in [0.25, 0.3) is 0 Å². The zero-order chi connectivity index (χ0) is 15.6. The van der Waals surface area contributed by atoms with E-state index >= 15 is 0 Å². The third-order valence-corrected chi connectivity index (χ3v) is 8.94. The van der Waals surface area contributed by atoms with Crippen LogP contribution in [-0.4, -0.2) is 74.1 Å². The van der Waals surface area contributed by atoms with Gasteiger partial charge in [-0.25, -0.2) is 0 Å². The van der Waals surface area contributed by atoms with Gasteiger partial charge in [-0.05, 0) is 32.7 Å². The van der Waals surface area contributed by atoms with Gasteiger partial charge in [-0.1, -0.05) is 33.4 Å². The van der Waals surface area contributed by atoms with E-state index in [4.69, 9.17) is 8.85 Å². The van der Waals surface area contributed by atoms with Gasteiger partial charge in [-0.2, -0.15) is 0 Å². The van der Waals surface area contributed by atoms with E-state index in [1.807, 2.05) is 0 Å². The molecular weight excluding hydrogens is 284 g/mol. The van der Waals surface area contributed by atoms with Crippen LogP contribution in [-0.2, 0) is 8.85 Å². The summed E-state index contributed by atoms with van der Waals surface area (Å²) in [6, 6.07) is 0. The quantitative estimate of drug-likeness (QED) is 0.426. The van der Waals surface area contributed by atoms with Crippen molar-refractivity contribution in [2.24, 2.45) is 0 Å². The fourth-order valence-electron chi connectivity index (χ4n) is 2.44. The lowest BCUT2D eigenvalue weighted by molar-refractivity contribution is 0.116. The van der Waals surface area contributed by atoms with E-state index in [2.05, 4.69) is 55.4 Å². The molecule has 0 N–H and O–H groups in total. The summed E-state index contributed by atoms with van der Waals surface area (Å²) >= 11 is 0. The molecule has 0 atom stereocenters. The molecule has 0 saturated heterocycles. The Balaban J connectivity index is 4.85. The van der Waals surface area contributed by atoms with E-state index in [1.54, 1.807) is 14.2 Å². The van der Waals surface area contributed by atoms with Crippen molar-refractivity contribution in [1.82, 2.24) is 9.80 Å². The smallest absolute Gasteiger partial charge is 0.360 e. The summed E-state index contributed by atoms with van der Waals surface area (Å²) < 4.78 is 11.0. The van der Waals surface area contributed by atoms with E-state index in [9.17, 15) is 0 Å². The van der Waals surface area contributed by atoms with Gasteiger partial charge >= 0.3 is 8.56 Å². The fraction of sp³-hybridized carbons (Fsp3) is 0.857. The summed E-state index contributed by atoms with van der Waals surface area (Å²) in [7, 11) is 1.06. The Morgan fingerprint density at radius 2 is 1.35 bits per heavy atom. The molecule has 0 aliphatic heterocycles. The van der Waals surface area contributed by atoms with Crippen LogP contribution in [0.5, 0.6) is 0 Å². The van der Waals surface area contributed by atoms with Crippen molar-refractivity contribution in [2.75, 3.05) is 40.4 Å². The number of hydrogen-bond donors (Lipinski definition) is 0. The second kappa shape index (κ2) is 10.7. The third kappa shape index (κ3) is 6.19. The Kier molecular flexibility index (Phi) is 10.7. The van der Waals surface area contributed by atoms with E-state index in [0.29, 0.717) is 5.79 Å². The fourth-order valence-corrected chi connectivity index (χ4v) is 7.01. The molecule has 0 spiro atoms. The van der Waals surface area contributed by atoms with Gasteiger partial charge in [-0.15, -0.1) is 5.70 Å². The molecule has 0 fully saturated rings. The maximum atomic E-state index is 5.52. The highest BCUT2D eigenvalue weighted by Gasteiger charge is 2.25. The van der Waals surface area contributed by atoms with Gasteiger partial charge in [0.25, 0.3) is 0 Å². The molecule has 0 heterocycles. The molecule has 0 saturated carbocycles. The molecule has 0 amide bonds. The molecule has 0 aliphatic rings. The molecule has 0 aromatic carbocycles. The van der Waals surface area contributed by atoms with Crippen molar-refractivity contribution < 1.29 is 8.85 Å².